The fraction of sp³-hybridized carbons (Fsp3) is 0.387. The summed E-state index contributed by atoms with van der Waals surface area (Å²) in [6.45, 7) is 3.80. The fourth-order valence-electron chi connectivity index (χ4n) is 4.11. The molecule has 9 nitrogen and oxygen atoms in total. The number of halogens is 2. The molecule has 2 aromatic carbocycles. The third kappa shape index (κ3) is 12.2. The van der Waals surface area contributed by atoms with Crippen LogP contribution in [0.2, 0.25) is 0 Å². The Bertz CT molecular complexity index is 1480. The van der Waals surface area contributed by atoms with E-state index in [9.17, 15) is 47.4 Å². The Morgan fingerprint density at radius 2 is 1.38 bits per heavy atom. The molecular formula is C31H32F2O9S3. The van der Waals surface area contributed by atoms with E-state index in [0.29, 0.717) is 17.8 Å². The maximum Gasteiger partial charge on any atom is 0.315 e. The second-order valence-corrected chi connectivity index (χ2v) is 12.7. The quantitative estimate of drug-likeness (QED) is 0.124. The number of carboxylic acid groups (broad SMARTS) is 1. The Labute approximate surface area is 272 Å². The Kier molecular flexibility index (Phi) is 15.1. The van der Waals surface area contributed by atoms with Crippen LogP contribution in [0.5, 0.6) is 5.75 Å². The molecule has 0 amide bonds. The summed E-state index contributed by atoms with van der Waals surface area (Å²) in [6.07, 6.45) is -0.641. The number of aliphatic carboxylic acids is 1. The largest absolute Gasteiger partial charge is 0.481 e. The fourth-order valence-corrected chi connectivity index (χ4v) is 6.48. The SMILES string of the molecule is CC(=O)CC(CSC(=O)c1cc(-c2ccc(F)cc2F)ccc1OC(=O)C(CSC(=O)C(CS)CC(C)=O)CC(C)=O)C(=O)O. The highest BCUT2D eigenvalue weighted by atomic mass is 32.2. The van der Waals surface area contributed by atoms with Gasteiger partial charge in [-0.05, 0) is 50.6 Å². The number of benzene rings is 2. The third-order valence-electron chi connectivity index (χ3n) is 6.33. The predicted molar refractivity (Wildman–Crippen MR) is 170 cm³/mol. The van der Waals surface area contributed by atoms with Crippen molar-refractivity contribution in [3.8, 4) is 16.9 Å². The van der Waals surface area contributed by atoms with Gasteiger partial charge in [0.1, 0.15) is 34.7 Å². The molecule has 0 spiro atoms. The first kappa shape index (κ1) is 37.8. The second kappa shape index (κ2) is 18.0. The Balaban J connectivity index is 2.41. The van der Waals surface area contributed by atoms with E-state index in [-0.39, 0.29) is 70.5 Å². The molecule has 3 unspecified atom stereocenters. The van der Waals surface area contributed by atoms with Gasteiger partial charge in [0.2, 0.25) is 5.12 Å². The standard InChI is InChI=1S/C31H32F2O9S3/c1-16(34)8-20(13-43)30(40)44-15-22(10-18(3)36)29(39)42-27-7-4-19(24-6-5-23(32)12-26(24)33)11-25(27)31(41)45-14-21(28(37)38)9-17(2)35/h4-7,11-12,20-22,43H,8-10,13-15H2,1-3H3,(H,37,38). The molecule has 14 heteroatoms. The molecule has 0 aliphatic heterocycles. The summed E-state index contributed by atoms with van der Waals surface area (Å²) in [4.78, 5) is 85.8. The van der Waals surface area contributed by atoms with Crippen LogP contribution in [0.3, 0.4) is 0 Å². The van der Waals surface area contributed by atoms with Gasteiger partial charge in [0.25, 0.3) is 0 Å². The summed E-state index contributed by atoms with van der Waals surface area (Å²) < 4.78 is 33.6. The van der Waals surface area contributed by atoms with Crippen molar-refractivity contribution in [3.63, 3.8) is 0 Å². The lowest BCUT2D eigenvalue weighted by molar-refractivity contribution is -0.142. The summed E-state index contributed by atoms with van der Waals surface area (Å²) in [6, 6.07) is 6.56. The third-order valence-corrected chi connectivity index (χ3v) is 9.01. The van der Waals surface area contributed by atoms with Crippen LogP contribution in [0.15, 0.2) is 36.4 Å². The molecule has 0 aliphatic carbocycles. The van der Waals surface area contributed by atoms with Gasteiger partial charge in [-0.25, -0.2) is 8.78 Å². The number of carbonyl (C=O) groups is 7. The van der Waals surface area contributed by atoms with Crippen molar-refractivity contribution in [3.05, 3.63) is 53.6 Å². The number of thiol groups is 1. The van der Waals surface area contributed by atoms with Gasteiger partial charge in [0.05, 0.1) is 17.4 Å². The molecule has 0 saturated carbocycles. The summed E-state index contributed by atoms with van der Waals surface area (Å²) in [7, 11) is 0. The molecule has 0 saturated heterocycles. The molecular weight excluding hydrogens is 651 g/mol. The number of hydrogen-bond donors (Lipinski definition) is 2. The first-order chi connectivity index (χ1) is 21.1. The lowest BCUT2D eigenvalue weighted by atomic mass is 10.0. The van der Waals surface area contributed by atoms with Crippen molar-refractivity contribution in [1.82, 2.24) is 0 Å². The number of carbonyl (C=O) groups excluding carboxylic acids is 6. The lowest BCUT2D eigenvalue weighted by Gasteiger charge is -2.18. The molecule has 3 atom stereocenters. The van der Waals surface area contributed by atoms with Crippen LogP contribution in [-0.2, 0) is 28.8 Å². The second-order valence-electron chi connectivity index (χ2n) is 10.3. The highest BCUT2D eigenvalue weighted by molar-refractivity contribution is 8.14. The van der Waals surface area contributed by atoms with E-state index in [0.717, 1.165) is 23.9 Å². The highest BCUT2D eigenvalue weighted by Crippen LogP contribution is 2.33. The van der Waals surface area contributed by atoms with E-state index >= 15 is 0 Å². The van der Waals surface area contributed by atoms with Gasteiger partial charge in [0, 0.05) is 54.1 Å². The zero-order valence-electron chi connectivity index (χ0n) is 24.7. The molecule has 0 fully saturated rings. The highest BCUT2D eigenvalue weighted by Gasteiger charge is 2.29. The number of rotatable bonds is 17. The van der Waals surface area contributed by atoms with Gasteiger partial charge in [0.15, 0.2) is 5.12 Å². The summed E-state index contributed by atoms with van der Waals surface area (Å²) >= 11 is 5.41. The van der Waals surface area contributed by atoms with Crippen molar-refractivity contribution in [2.45, 2.75) is 40.0 Å². The molecule has 2 aromatic rings. The minimum atomic E-state index is -1.29. The first-order valence-corrected chi connectivity index (χ1v) is 16.2. The van der Waals surface area contributed by atoms with Crippen molar-refractivity contribution >= 4 is 75.7 Å². The monoisotopic (exact) mass is 682 g/mol. The number of thioether (sulfide) groups is 2. The van der Waals surface area contributed by atoms with Crippen LogP contribution in [0.25, 0.3) is 11.1 Å². The average molecular weight is 683 g/mol. The number of hydrogen-bond acceptors (Lipinski definition) is 11. The number of ether oxygens (including phenoxy) is 1. The van der Waals surface area contributed by atoms with Gasteiger partial charge in [-0.15, -0.1) is 0 Å². The molecule has 242 valence electrons. The number of esters is 1. The van der Waals surface area contributed by atoms with Crippen LogP contribution < -0.4 is 4.74 Å². The Hall–Kier alpha value is -3.36. The van der Waals surface area contributed by atoms with Crippen LogP contribution in [-0.4, -0.2) is 61.9 Å². The van der Waals surface area contributed by atoms with Gasteiger partial charge in [-0.3, -0.25) is 19.2 Å². The van der Waals surface area contributed by atoms with E-state index in [1.54, 1.807) is 0 Å². The summed E-state index contributed by atoms with van der Waals surface area (Å²) in [5.74, 6) is -8.60. The molecule has 0 bridgehead atoms. The molecule has 0 aliphatic rings. The average Bonchev–Trinajstić information content (AvgIpc) is 2.95. The van der Waals surface area contributed by atoms with Crippen LogP contribution in [0.1, 0.15) is 50.4 Å². The smallest absolute Gasteiger partial charge is 0.315 e. The van der Waals surface area contributed by atoms with Crippen LogP contribution in [0.4, 0.5) is 8.78 Å². The molecule has 0 radical (unpaired) electrons. The molecule has 0 aromatic heterocycles. The van der Waals surface area contributed by atoms with Gasteiger partial charge < -0.3 is 24.2 Å². The number of Topliss-reactive ketones (excluding diaryl/α,β-unsaturated/α-hetero) is 3. The maximum absolute atomic E-state index is 14.6. The van der Waals surface area contributed by atoms with Crippen molar-refractivity contribution in [2.24, 2.45) is 17.8 Å². The normalized spacial score (nSPS) is 12.9. The van der Waals surface area contributed by atoms with Crippen LogP contribution >= 0.6 is 36.2 Å². The van der Waals surface area contributed by atoms with Crippen molar-refractivity contribution < 1.29 is 52.2 Å². The minimum Gasteiger partial charge on any atom is -0.481 e. The van der Waals surface area contributed by atoms with Crippen LogP contribution in [0, 0.1) is 29.4 Å². The van der Waals surface area contributed by atoms with E-state index in [1.807, 2.05) is 0 Å². The molecule has 2 rings (SSSR count). The summed E-state index contributed by atoms with van der Waals surface area (Å²) in [5.41, 5.74) is -0.190. The zero-order valence-corrected chi connectivity index (χ0v) is 27.2. The van der Waals surface area contributed by atoms with Crippen molar-refractivity contribution in [1.29, 1.82) is 0 Å². The topological polar surface area (TPSA) is 149 Å². The molecule has 45 heavy (non-hydrogen) atoms. The number of carboxylic acids is 1. The van der Waals surface area contributed by atoms with E-state index < -0.39 is 57.3 Å². The Morgan fingerprint density at radius 3 is 1.93 bits per heavy atom. The zero-order chi connectivity index (χ0) is 33.8. The van der Waals surface area contributed by atoms with Crippen molar-refractivity contribution in [2.75, 3.05) is 17.3 Å². The molecule has 1 N–H and O–H groups in total. The summed E-state index contributed by atoms with van der Waals surface area (Å²) in [5, 5.41) is 8.30. The maximum atomic E-state index is 14.6. The lowest BCUT2D eigenvalue weighted by Crippen LogP contribution is -2.27. The van der Waals surface area contributed by atoms with E-state index in [4.69, 9.17) is 4.74 Å². The number of ketones is 3. The predicted octanol–water partition coefficient (Wildman–Crippen LogP) is 5.47. The van der Waals surface area contributed by atoms with Gasteiger partial charge in [-0.2, -0.15) is 12.6 Å². The first-order valence-electron chi connectivity index (χ1n) is 13.6. The van der Waals surface area contributed by atoms with E-state index in [1.165, 1.54) is 39.0 Å². The molecule has 0 heterocycles. The van der Waals surface area contributed by atoms with Gasteiger partial charge >= 0.3 is 11.9 Å². The van der Waals surface area contributed by atoms with E-state index in [2.05, 4.69) is 12.6 Å². The Morgan fingerprint density at radius 1 is 0.800 bits per heavy atom. The minimum absolute atomic E-state index is 0.0313. The van der Waals surface area contributed by atoms with Gasteiger partial charge in [-0.1, -0.05) is 29.6 Å².